The van der Waals surface area contributed by atoms with Crippen LogP contribution >= 0.6 is 0 Å². The Hall–Kier alpha value is -6.96. The highest BCUT2D eigenvalue weighted by Gasteiger charge is 2.52. The van der Waals surface area contributed by atoms with E-state index in [0.29, 0.717) is 0 Å². The number of fused-ring (bicyclic) bond motifs is 14. The maximum Gasteiger partial charge on any atom is 0.242 e. The molecule has 0 N–H and O–H groups in total. The van der Waals surface area contributed by atoms with E-state index in [1.54, 1.807) is 0 Å². The number of hydrogen-bond donors (Lipinski definition) is 0. The summed E-state index contributed by atoms with van der Waals surface area (Å²) in [6.45, 7) is 9.96. The normalized spacial score (nSPS) is 15.8. The third-order valence-corrected chi connectivity index (χ3v) is 15.4. The molecule has 0 radical (unpaired) electrons. The van der Waals surface area contributed by atoms with Crippen LogP contribution in [0.2, 0.25) is 0 Å². The zero-order valence-electron chi connectivity index (χ0n) is 35.6. The fourth-order valence-electron chi connectivity index (χ4n) is 12.6. The minimum absolute atomic E-state index is 0.139. The molecule has 2 heterocycles. The van der Waals surface area contributed by atoms with Gasteiger partial charge < -0.3 is 0 Å². The molecule has 0 fully saturated rings. The average molecular weight is 789 g/mol. The first-order chi connectivity index (χ1) is 30.3. The molecular weight excluding hydrogens is 743 g/mol. The molecule has 0 unspecified atom stereocenters. The first-order valence-electron chi connectivity index (χ1n) is 22.3. The second-order valence-corrected chi connectivity index (χ2v) is 19.2. The maximum atomic E-state index is 2.53. The van der Waals surface area contributed by atoms with Crippen molar-refractivity contribution in [2.45, 2.75) is 43.9 Å². The second kappa shape index (κ2) is 12.6. The van der Waals surface area contributed by atoms with Gasteiger partial charge in [0, 0.05) is 10.8 Å². The van der Waals surface area contributed by atoms with E-state index >= 15 is 0 Å². The van der Waals surface area contributed by atoms with Crippen molar-refractivity contribution in [1.82, 2.24) is 0 Å². The van der Waals surface area contributed by atoms with Crippen molar-refractivity contribution in [3.8, 4) is 55.6 Å². The highest BCUT2D eigenvalue weighted by Crippen LogP contribution is 2.63. The topological polar surface area (TPSA) is 0 Å². The first kappa shape index (κ1) is 35.8. The van der Waals surface area contributed by atoms with Gasteiger partial charge in [-0.05, 0) is 118 Å². The molecule has 0 aromatic heterocycles. The van der Waals surface area contributed by atoms with Crippen LogP contribution in [-0.4, -0.2) is 6.71 Å². The van der Waals surface area contributed by atoms with Gasteiger partial charge in [0.2, 0.25) is 6.71 Å². The molecule has 292 valence electrons. The summed E-state index contributed by atoms with van der Waals surface area (Å²) in [5.74, 6) is 0. The van der Waals surface area contributed by atoms with Crippen LogP contribution in [0.3, 0.4) is 0 Å². The Morgan fingerprint density at radius 2 is 0.629 bits per heavy atom. The number of benzene rings is 9. The predicted molar refractivity (Wildman–Crippen MR) is 261 cm³/mol. The Bertz CT molecular complexity index is 3230. The standard InChI is InChI=1S/C61H45B/c1-59(2)51-27-11-13-29-56(51)62-57-30-14-12-28-52(57)60(3,4)55-37-43(36-54(59)58(55)62)41-20-16-18-39(34-41)38-17-15-19-40(33-38)42-31-32-47-46-23-7-10-26-50(46)61(53(47)35-42)48-24-8-5-21-44(48)45-22-6-9-25-49(45)61/h5-37H,1-4H3. The molecule has 0 amide bonds. The molecule has 2 aliphatic carbocycles. The minimum atomic E-state index is -0.359. The fourth-order valence-corrected chi connectivity index (χ4v) is 12.6. The molecule has 4 aliphatic rings. The van der Waals surface area contributed by atoms with Gasteiger partial charge in [0.1, 0.15) is 0 Å². The third-order valence-electron chi connectivity index (χ3n) is 15.4. The van der Waals surface area contributed by atoms with E-state index in [2.05, 4.69) is 228 Å². The highest BCUT2D eigenvalue weighted by molar-refractivity contribution is 6.97. The summed E-state index contributed by atoms with van der Waals surface area (Å²) in [5.41, 5.74) is 27.8. The summed E-state index contributed by atoms with van der Waals surface area (Å²) in [5, 5.41) is 0. The molecule has 2 aliphatic heterocycles. The molecule has 9 aromatic rings. The van der Waals surface area contributed by atoms with Crippen molar-refractivity contribution in [2.24, 2.45) is 0 Å². The van der Waals surface area contributed by atoms with E-state index in [1.165, 1.54) is 117 Å². The van der Waals surface area contributed by atoms with Crippen LogP contribution in [0.1, 0.15) is 72.2 Å². The predicted octanol–water partition coefficient (Wildman–Crippen LogP) is 12.8. The summed E-state index contributed by atoms with van der Waals surface area (Å²) in [7, 11) is 0. The SMILES string of the molecule is CC1(C)c2ccccc2B2c3ccccc3C(C)(C)c3cc(-c4cccc(-c5cccc(-c6ccc7c(c6)C6(c8ccccc8-c8ccccc86)c6ccccc6-7)c5)c4)cc1c32. The van der Waals surface area contributed by atoms with E-state index in [9.17, 15) is 0 Å². The molecule has 13 rings (SSSR count). The monoisotopic (exact) mass is 788 g/mol. The van der Waals surface area contributed by atoms with Crippen molar-refractivity contribution < 1.29 is 0 Å². The van der Waals surface area contributed by atoms with Crippen molar-refractivity contribution in [3.63, 3.8) is 0 Å². The summed E-state index contributed by atoms with van der Waals surface area (Å²) in [4.78, 5) is 0. The Morgan fingerprint density at radius 3 is 1.10 bits per heavy atom. The summed E-state index contributed by atoms with van der Waals surface area (Å²) < 4.78 is 0. The molecule has 9 aromatic carbocycles. The van der Waals surface area contributed by atoms with E-state index in [0.717, 1.165) is 0 Å². The lowest BCUT2D eigenvalue weighted by atomic mass is 9.27. The zero-order chi connectivity index (χ0) is 41.5. The van der Waals surface area contributed by atoms with Crippen LogP contribution in [0, 0.1) is 0 Å². The van der Waals surface area contributed by atoms with Crippen LogP contribution < -0.4 is 16.4 Å². The molecule has 0 saturated carbocycles. The van der Waals surface area contributed by atoms with Crippen LogP contribution in [0.5, 0.6) is 0 Å². The molecule has 0 saturated heterocycles. The molecule has 1 heteroatoms. The second-order valence-electron chi connectivity index (χ2n) is 19.2. The number of rotatable bonds is 3. The van der Waals surface area contributed by atoms with E-state index < -0.39 is 0 Å². The summed E-state index contributed by atoms with van der Waals surface area (Å²) in [6, 6.07) is 76.3. The minimum Gasteiger partial charge on any atom is -0.0667 e. The van der Waals surface area contributed by atoms with Gasteiger partial charge in [0.05, 0.1) is 5.41 Å². The van der Waals surface area contributed by atoms with E-state index in [1.807, 2.05) is 0 Å². The van der Waals surface area contributed by atoms with Gasteiger partial charge in [-0.15, -0.1) is 0 Å². The highest BCUT2D eigenvalue weighted by atomic mass is 14.5. The van der Waals surface area contributed by atoms with Crippen LogP contribution in [-0.2, 0) is 16.2 Å². The van der Waals surface area contributed by atoms with Crippen molar-refractivity contribution >= 4 is 23.1 Å². The Balaban J connectivity index is 0.939. The average Bonchev–Trinajstić information content (AvgIpc) is 3.78. The maximum absolute atomic E-state index is 2.53. The van der Waals surface area contributed by atoms with Gasteiger partial charge >= 0.3 is 0 Å². The van der Waals surface area contributed by atoms with Gasteiger partial charge in [-0.2, -0.15) is 0 Å². The van der Waals surface area contributed by atoms with Crippen molar-refractivity contribution in [1.29, 1.82) is 0 Å². The lowest BCUT2D eigenvalue weighted by Crippen LogP contribution is -2.66. The quantitative estimate of drug-likeness (QED) is 0.156. The van der Waals surface area contributed by atoms with Gasteiger partial charge in [-0.1, -0.05) is 226 Å². The van der Waals surface area contributed by atoms with Gasteiger partial charge in [0.25, 0.3) is 0 Å². The Labute approximate surface area is 365 Å². The molecule has 0 atom stereocenters. The van der Waals surface area contributed by atoms with Crippen molar-refractivity contribution in [3.05, 3.63) is 245 Å². The van der Waals surface area contributed by atoms with Crippen molar-refractivity contribution in [2.75, 3.05) is 0 Å². The van der Waals surface area contributed by atoms with Gasteiger partial charge in [-0.25, -0.2) is 0 Å². The van der Waals surface area contributed by atoms with Gasteiger partial charge in [-0.3, -0.25) is 0 Å². The number of hydrogen-bond acceptors (Lipinski definition) is 0. The largest absolute Gasteiger partial charge is 0.242 e. The third kappa shape index (κ3) is 4.58. The first-order valence-corrected chi connectivity index (χ1v) is 22.3. The summed E-state index contributed by atoms with van der Waals surface area (Å²) in [6.07, 6.45) is 0. The lowest BCUT2D eigenvalue weighted by molar-refractivity contribution is 0.622. The van der Waals surface area contributed by atoms with Gasteiger partial charge in [0.15, 0.2) is 0 Å². The Kier molecular flexibility index (Phi) is 7.24. The Morgan fingerprint density at radius 1 is 0.274 bits per heavy atom. The molecule has 62 heavy (non-hydrogen) atoms. The lowest BCUT2D eigenvalue weighted by Gasteiger charge is -2.47. The van der Waals surface area contributed by atoms with E-state index in [-0.39, 0.29) is 23.0 Å². The molecule has 0 nitrogen and oxygen atoms in total. The molecule has 0 bridgehead atoms. The van der Waals surface area contributed by atoms with Crippen LogP contribution in [0.25, 0.3) is 55.6 Å². The van der Waals surface area contributed by atoms with Crippen LogP contribution in [0.4, 0.5) is 0 Å². The van der Waals surface area contributed by atoms with Crippen LogP contribution in [0.15, 0.2) is 200 Å². The molecular formula is C61H45B. The van der Waals surface area contributed by atoms with E-state index in [4.69, 9.17) is 0 Å². The summed E-state index contributed by atoms with van der Waals surface area (Å²) >= 11 is 0. The zero-order valence-corrected chi connectivity index (χ0v) is 35.6. The smallest absolute Gasteiger partial charge is 0.0667 e. The molecule has 1 spiro atoms. The fraction of sp³-hybridized carbons (Fsp3) is 0.115.